The number of carbonyl (C=O) groups is 1. The van der Waals surface area contributed by atoms with E-state index >= 15 is 0 Å². The van der Waals surface area contributed by atoms with E-state index in [1.807, 2.05) is 0 Å². The SMILES string of the molecule is CC1=C(C(=O)NCCC(F)(F)F)Cn2nnnc2N1C. The van der Waals surface area contributed by atoms with E-state index in [4.69, 9.17) is 0 Å². The first-order valence-electron chi connectivity index (χ1n) is 5.84. The zero-order valence-corrected chi connectivity index (χ0v) is 10.9. The third-order valence-electron chi connectivity index (χ3n) is 3.03. The average molecular weight is 290 g/mol. The molecular weight excluding hydrogens is 277 g/mol. The molecule has 0 fully saturated rings. The van der Waals surface area contributed by atoms with E-state index < -0.39 is 25.0 Å². The highest BCUT2D eigenvalue weighted by atomic mass is 19.4. The van der Waals surface area contributed by atoms with Crippen molar-refractivity contribution >= 4 is 11.9 Å². The number of nitrogens with one attached hydrogen (secondary N) is 1. The lowest BCUT2D eigenvalue weighted by atomic mass is 10.1. The molecule has 0 aromatic carbocycles. The van der Waals surface area contributed by atoms with Gasteiger partial charge in [-0.1, -0.05) is 5.10 Å². The van der Waals surface area contributed by atoms with Crippen molar-refractivity contribution < 1.29 is 18.0 Å². The second kappa shape index (κ2) is 5.10. The van der Waals surface area contributed by atoms with E-state index in [1.54, 1.807) is 18.9 Å². The number of carbonyl (C=O) groups excluding carboxylic acids is 1. The summed E-state index contributed by atoms with van der Waals surface area (Å²) in [6.45, 7) is 1.37. The van der Waals surface area contributed by atoms with Crippen molar-refractivity contribution in [2.24, 2.45) is 0 Å². The summed E-state index contributed by atoms with van der Waals surface area (Å²) in [5, 5.41) is 13.3. The fourth-order valence-corrected chi connectivity index (χ4v) is 1.82. The van der Waals surface area contributed by atoms with E-state index in [9.17, 15) is 18.0 Å². The topological polar surface area (TPSA) is 75.9 Å². The number of fused-ring (bicyclic) bond motifs is 1. The summed E-state index contributed by atoms with van der Waals surface area (Å²) in [6.07, 6.45) is -5.35. The first-order valence-corrected chi connectivity index (χ1v) is 5.84. The fourth-order valence-electron chi connectivity index (χ4n) is 1.82. The zero-order chi connectivity index (χ0) is 14.9. The maximum Gasteiger partial charge on any atom is 0.390 e. The molecule has 0 aliphatic carbocycles. The normalized spacial score (nSPS) is 15.3. The lowest BCUT2D eigenvalue weighted by Gasteiger charge is -2.26. The summed E-state index contributed by atoms with van der Waals surface area (Å²) in [7, 11) is 1.68. The van der Waals surface area contributed by atoms with Gasteiger partial charge in [0.25, 0.3) is 5.91 Å². The first-order chi connectivity index (χ1) is 9.29. The third-order valence-corrected chi connectivity index (χ3v) is 3.03. The minimum absolute atomic E-state index is 0.135. The summed E-state index contributed by atoms with van der Waals surface area (Å²) in [4.78, 5) is 13.5. The lowest BCUT2D eigenvalue weighted by Crippen LogP contribution is -2.36. The van der Waals surface area contributed by atoms with E-state index in [2.05, 4.69) is 20.8 Å². The van der Waals surface area contributed by atoms with Gasteiger partial charge in [0.2, 0.25) is 5.95 Å². The maximum atomic E-state index is 12.0. The monoisotopic (exact) mass is 290 g/mol. The molecule has 2 rings (SSSR count). The highest BCUT2D eigenvalue weighted by Gasteiger charge is 2.29. The Morgan fingerprint density at radius 1 is 1.45 bits per heavy atom. The molecule has 1 aromatic rings. The van der Waals surface area contributed by atoms with Gasteiger partial charge in [-0.25, -0.2) is 4.68 Å². The van der Waals surface area contributed by atoms with Gasteiger partial charge >= 0.3 is 6.18 Å². The molecule has 1 N–H and O–H groups in total. The van der Waals surface area contributed by atoms with Crippen molar-refractivity contribution in [1.29, 1.82) is 0 Å². The Kier molecular flexibility index (Phi) is 3.64. The number of allylic oxidation sites excluding steroid dienone is 1. The molecule has 1 aromatic heterocycles. The Hall–Kier alpha value is -2.13. The van der Waals surface area contributed by atoms with E-state index in [0.717, 1.165) is 0 Å². The minimum Gasteiger partial charge on any atom is -0.352 e. The van der Waals surface area contributed by atoms with Crippen molar-refractivity contribution in [3.05, 3.63) is 11.3 Å². The van der Waals surface area contributed by atoms with Crippen molar-refractivity contribution in [3.8, 4) is 0 Å². The summed E-state index contributed by atoms with van der Waals surface area (Å²) in [5.74, 6) is -0.0610. The van der Waals surface area contributed by atoms with E-state index in [0.29, 0.717) is 17.2 Å². The van der Waals surface area contributed by atoms with Crippen LogP contribution in [0.25, 0.3) is 0 Å². The van der Waals surface area contributed by atoms with Crippen LogP contribution in [0.2, 0.25) is 0 Å². The van der Waals surface area contributed by atoms with Crippen LogP contribution in [0.15, 0.2) is 11.3 Å². The van der Waals surface area contributed by atoms with Gasteiger partial charge in [-0.05, 0) is 17.4 Å². The van der Waals surface area contributed by atoms with Gasteiger partial charge < -0.3 is 10.2 Å². The van der Waals surface area contributed by atoms with E-state index in [1.165, 1.54) is 4.68 Å². The maximum absolute atomic E-state index is 12.0. The molecular formula is C10H13F3N6O. The highest BCUT2D eigenvalue weighted by Crippen LogP contribution is 2.23. The lowest BCUT2D eigenvalue weighted by molar-refractivity contribution is -0.135. The molecule has 10 heteroatoms. The Morgan fingerprint density at radius 2 is 2.15 bits per heavy atom. The Labute approximate surface area is 112 Å². The number of tetrazole rings is 1. The van der Waals surface area contributed by atoms with Gasteiger partial charge in [-0.2, -0.15) is 13.2 Å². The first kappa shape index (κ1) is 14.3. The van der Waals surface area contributed by atoms with Gasteiger partial charge in [0.1, 0.15) is 0 Å². The van der Waals surface area contributed by atoms with Crippen LogP contribution in [0, 0.1) is 0 Å². The molecule has 7 nitrogen and oxygen atoms in total. The molecule has 20 heavy (non-hydrogen) atoms. The molecule has 1 amide bonds. The molecule has 0 radical (unpaired) electrons. The standard InChI is InChI=1S/C10H13F3N6O/c1-6-7(8(20)14-4-3-10(11,12)13)5-19-9(18(6)2)15-16-17-19/h3-5H2,1-2H3,(H,14,20). The number of rotatable bonds is 3. The van der Waals surface area contributed by atoms with E-state index in [-0.39, 0.29) is 6.54 Å². The number of hydrogen-bond acceptors (Lipinski definition) is 5. The second-order valence-corrected chi connectivity index (χ2v) is 4.38. The van der Waals surface area contributed by atoms with Crippen molar-refractivity contribution in [3.63, 3.8) is 0 Å². The number of anilines is 1. The summed E-state index contributed by atoms with van der Waals surface area (Å²) < 4.78 is 37.5. The molecule has 0 spiro atoms. The number of aromatic nitrogens is 4. The number of amides is 1. The summed E-state index contributed by atoms with van der Waals surface area (Å²) >= 11 is 0. The number of hydrogen-bond donors (Lipinski definition) is 1. The largest absolute Gasteiger partial charge is 0.390 e. The molecule has 0 saturated carbocycles. The van der Waals surface area contributed by atoms with Crippen LogP contribution in [0.5, 0.6) is 0 Å². The van der Waals surface area contributed by atoms with Gasteiger partial charge in [-0.3, -0.25) is 4.79 Å². The predicted molar refractivity (Wildman–Crippen MR) is 62.6 cm³/mol. The quantitative estimate of drug-likeness (QED) is 0.875. The molecule has 1 aliphatic rings. The van der Waals surface area contributed by atoms with Crippen LogP contribution >= 0.6 is 0 Å². The van der Waals surface area contributed by atoms with Crippen LogP contribution in [0.4, 0.5) is 19.1 Å². The molecule has 0 atom stereocenters. The van der Waals surface area contributed by atoms with Crippen molar-refractivity contribution in [2.45, 2.75) is 26.1 Å². The second-order valence-electron chi connectivity index (χ2n) is 4.38. The molecule has 0 bridgehead atoms. The van der Waals surface area contributed by atoms with Gasteiger partial charge in [0.15, 0.2) is 0 Å². The van der Waals surface area contributed by atoms with Gasteiger partial charge in [0.05, 0.1) is 18.5 Å². The minimum atomic E-state index is -4.29. The van der Waals surface area contributed by atoms with Gasteiger partial charge in [0, 0.05) is 19.3 Å². The predicted octanol–water partition coefficient (Wildman–Crippen LogP) is 0.466. The number of halogens is 3. The third kappa shape index (κ3) is 2.89. The van der Waals surface area contributed by atoms with Crippen molar-refractivity contribution in [1.82, 2.24) is 25.5 Å². The van der Waals surface area contributed by atoms with Crippen LogP contribution < -0.4 is 10.2 Å². The summed E-state index contributed by atoms with van der Waals surface area (Å²) in [5.41, 5.74) is 0.950. The Balaban J connectivity index is 2.05. The van der Waals surface area contributed by atoms with Crippen molar-refractivity contribution in [2.75, 3.05) is 18.5 Å². The number of alkyl halides is 3. The Bertz CT molecular complexity index is 549. The van der Waals surface area contributed by atoms with Gasteiger partial charge in [-0.15, -0.1) is 0 Å². The van der Waals surface area contributed by atoms with Crippen LogP contribution in [0.3, 0.4) is 0 Å². The zero-order valence-electron chi connectivity index (χ0n) is 10.9. The molecule has 0 saturated heterocycles. The summed E-state index contributed by atoms with van der Waals surface area (Å²) in [6, 6.07) is 0. The Morgan fingerprint density at radius 3 is 2.80 bits per heavy atom. The molecule has 2 heterocycles. The fraction of sp³-hybridized carbons (Fsp3) is 0.600. The van der Waals surface area contributed by atoms with Crippen LogP contribution in [0.1, 0.15) is 13.3 Å². The average Bonchev–Trinajstić information content (AvgIpc) is 2.80. The molecule has 1 aliphatic heterocycles. The van der Waals surface area contributed by atoms with Crippen LogP contribution in [-0.4, -0.2) is 45.9 Å². The van der Waals surface area contributed by atoms with Crippen LogP contribution in [-0.2, 0) is 11.3 Å². The number of nitrogens with zero attached hydrogens (tertiary/aromatic N) is 5. The highest BCUT2D eigenvalue weighted by molar-refractivity contribution is 5.95. The smallest absolute Gasteiger partial charge is 0.352 e. The molecule has 110 valence electrons. The molecule has 0 unspecified atom stereocenters.